The van der Waals surface area contributed by atoms with Gasteiger partial charge in [-0.1, -0.05) is 13.8 Å². The van der Waals surface area contributed by atoms with E-state index in [2.05, 4.69) is 29.5 Å². The fourth-order valence-corrected chi connectivity index (χ4v) is 2.87. The van der Waals surface area contributed by atoms with E-state index in [9.17, 15) is 0 Å². The minimum atomic E-state index is 0.524. The number of nitrogens with one attached hydrogen (secondary N) is 1. The molecule has 0 aromatic carbocycles. The topological polar surface area (TPSA) is 34.1 Å². The highest BCUT2D eigenvalue weighted by Crippen LogP contribution is 2.19. The van der Waals surface area contributed by atoms with Gasteiger partial charge in [0.1, 0.15) is 0 Å². The standard InChI is InChI=1S/C13H22N2OS/c1-10(2)13-15-12(9-17-13)8-16-7-11-4-3-5-14-6-11/h9-11,14H,3-8H2,1-2H3. The van der Waals surface area contributed by atoms with Crippen molar-refractivity contribution >= 4 is 11.3 Å². The Morgan fingerprint density at radius 3 is 3.12 bits per heavy atom. The number of aromatic nitrogens is 1. The minimum Gasteiger partial charge on any atom is -0.375 e. The van der Waals surface area contributed by atoms with Crippen LogP contribution in [-0.2, 0) is 11.3 Å². The molecule has 1 saturated heterocycles. The molecule has 1 aromatic heterocycles. The zero-order valence-electron chi connectivity index (χ0n) is 10.7. The lowest BCUT2D eigenvalue weighted by Gasteiger charge is -2.22. The normalized spacial score (nSPS) is 21.0. The van der Waals surface area contributed by atoms with Crippen LogP contribution >= 0.6 is 11.3 Å². The molecule has 1 N–H and O–H groups in total. The van der Waals surface area contributed by atoms with Crippen molar-refractivity contribution in [3.63, 3.8) is 0 Å². The van der Waals surface area contributed by atoms with E-state index in [4.69, 9.17) is 4.74 Å². The smallest absolute Gasteiger partial charge is 0.0954 e. The average molecular weight is 254 g/mol. The average Bonchev–Trinajstić information content (AvgIpc) is 2.79. The lowest BCUT2D eigenvalue weighted by atomic mass is 10.0. The van der Waals surface area contributed by atoms with Crippen LogP contribution < -0.4 is 5.32 Å². The Labute approximate surface area is 108 Å². The Balaban J connectivity index is 1.70. The van der Waals surface area contributed by atoms with Gasteiger partial charge in [-0.3, -0.25) is 0 Å². The Morgan fingerprint density at radius 2 is 2.47 bits per heavy atom. The highest BCUT2D eigenvalue weighted by Gasteiger charge is 2.13. The van der Waals surface area contributed by atoms with Crippen LogP contribution in [0.15, 0.2) is 5.38 Å². The van der Waals surface area contributed by atoms with Crippen molar-refractivity contribution in [1.82, 2.24) is 10.3 Å². The quantitative estimate of drug-likeness (QED) is 0.877. The van der Waals surface area contributed by atoms with Crippen LogP contribution in [0.25, 0.3) is 0 Å². The first kappa shape index (κ1) is 13.0. The largest absolute Gasteiger partial charge is 0.375 e. The van der Waals surface area contributed by atoms with Crippen molar-refractivity contribution < 1.29 is 4.74 Å². The number of nitrogens with zero attached hydrogens (tertiary/aromatic N) is 1. The van der Waals surface area contributed by atoms with Gasteiger partial charge in [-0.2, -0.15) is 0 Å². The predicted molar refractivity (Wildman–Crippen MR) is 71.5 cm³/mol. The van der Waals surface area contributed by atoms with E-state index in [0.29, 0.717) is 18.4 Å². The molecular formula is C13H22N2OS. The maximum atomic E-state index is 5.76. The van der Waals surface area contributed by atoms with E-state index >= 15 is 0 Å². The number of hydrogen-bond donors (Lipinski definition) is 1. The Kier molecular flexibility index (Phi) is 4.95. The van der Waals surface area contributed by atoms with Gasteiger partial charge in [-0.25, -0.2) is 4.98 Å². The van der Waals surface area contributed by atoms with Gasteiger partial charge in [0, 0.05) is 17.8 Å². The van der Waals surface area contributed by atoms with Crippen LogP contribution in [-0.4, -0.2) is 24.7 Å². The van der Waals surface area contributed by atoms with Crippen molar-refractivity contribution in [1.29, 1.82) is 0 Å². The number of ether oxygens (including phenoxy) is 1. The zero-order chi connectivity index (χ0) is 12.1. The minimum absolute atomic E-state index is 0.524. The second kappa shape index (κ2) is 6.47. The molecule has 17 heavy (non-hydrogen) atoms. The lowest BCUT2D eigenvalue weighted by molar-refractivity contribution is 0.0765. The molecule has 1 fully saturated rings. The summed E-state index contributed by atoms with van der Waals surface area (Å²) >= 11 is 1.74. The summed E-state index contributed by atoms with van der Waals surface area (Å²) in [5.41, 5.74) is 1.09. The SMILES string of the molecule is CC(C)c1nc(COCC2CCCNC2)cs1. The van der Waals surface area contributed by atoms with Gasteiger partial charge in [0.15, 0.2) is 0 Å². The predicted octanol–water partition coefficient (Wildman–Crippen LogP) is 2.78. The van der Waals surface area contributed by atoms with Crippen molar-refractivity contribution in [3.8, 4) is 0 Å². The number of hydrogen-bond acceptors (Lipinski definition) is 4. The first-order valence-electron chi connectivity index (χ1n) is 6.48. The summed E-state index contributed by atoms with van der Waals surface area (Å²) in [7, 11) is 0. The second-order valence-electron chi connectivity index (χ2n) is 5.06. The van der Waals surface area contributed by atoms with Crippen LogP contribution in [0.2, 0.25) is 0 Å². The third-order valence-electron chi connectivity index (χ3n) is 3.07. The maximum absolute atomic E-state index is 5.76. The van der Waals surface area contributed by atoms with Crippen molar-refractivity contribution in [2.45, 2.75) is 39.2 Å². The van der Waals surface area contributed by atoms with Crippen LogP contribution in [0.1, 0.15) is 43.3 Å². The van der Waals surface area contributed by atoms with Crippen LogP contribution in [0.3, 0.4) is 0 Å². The van der Waals surface area contributed by atoms with Crippen LogP contribution in [0.4, 0.5) is 0 Å². The summed E-state index contributed by atoms with van der Waals surface area (Å²) in [6, 6.07) is 0. The molecule has 1 aliphatic rings. The number of thiazole rings is 1. The highest BCUT2D eigenvalue weighted by molar-refractivity contribution is 7.09. The fraction of sp³-hybridized carbons (Fsp3) is 0.769. The Bertz CT molecular complexity index is 332. The van der Waals surface area contributed by atoms with Crippen molar-refractivity contribution in [3.05, 3.63) is 16.1 Å². The summed E-state index contributed by atoms with van der Waals surface area (Å²) in [5, 5.41) is 6.74. The molecule has 1 atom stereocenters. The van der Waals surface area contributed by atoms with Crippen LogP contribution in [0.5, 0.6) is 0 Å². The maximum Gasteiger partial charge on any atom is 0.0954 e. The van der Waals surface area contributed by atoms with Gasteiger partial charge in [-0.05, 0) is 25.3 Å². The molecule has 0 bridgehead atoms. The zero-order valence-corrected chi connectivity index (χ0v) is 11.6. The molecule has 1 aromatic rings. The molecule has 0 saturated carbocycles. The number of piperidine rings is 1. The fourth-order valence-electron chi connectivity index (χ4n) is 2.05. The molecule has 0 aliphatic carbocycles. The molecule has 1 unspecified atom stereocenters. The van der Waals surface area contributed by atoms with E-state index in [1.54, 1.807) is 11.3 Å². The summed E-state index contributed by atoms with van der Waals surface area (Å²) in [6.07, 6.45) is 2.57. The summed E-state index contributed by atoms with van der Waals surface area (Å²) in [6.45, 7) is 8.16. The molecule has 0 spiro atoms. The summed E-state index contributed by atoms with van der Waals surface area (Å²) in [5.74, 6) is 1.21. The molecule has 3 nitrogen and oxygen atoms in total. The third-order valence-corrected chi connectivity index (χ3v) is 4.26. The van der Waals surface area contributed by atoms with Crippen LogP contribution in [0, 0.1) is 5.92 Å². The molecule has 2 rings (SSSR count). The molecule has 4 heteroatoms. The first-order valence-corrected chi connectivity index (χ1v) is 7.36. The van der Waals surface area contributed by atoms with Gasteiger partial charge < -0.3 is 10.1 Å². The van der Waals surface area contributed by atoms with Gasteiger partial charge in [0.05, 0.1) is 23.9 Å². The monoisotopic (exact) mass is 254 g/mol. The van der Waals surface area contributed by atoms with E-state index < -0.39 is 0 Å². The second-order valence-corrected chi connectivity index (χ2v) is 5.95. The van der Waals surface area contributed by atoms with E-state index in [1.165, 1.54) is 24.4 Å². The van der Waals surface area contributed by atoms with E-state index in [1.807, 2.05) is 0 Å². The molecule has 2 heterocycles. The molecule has 96 valence electrons. The number of rotatable bonds is 5. The van der Waals surface area contributed by atoms with E-state index in [-0.39, 0.29) is 0 Å². The van der Waals surface area contributed by atoms with Gasteiger partial charge in [0.2, 0.25) is 0 Å². The molecular weight excluding hydrogens is 232 g/mol. The molecule has 0 radical (unpaired) electrons. The van der Waals surface area contributed by atoms with Crippen molar-refractivity contribution in [2.75, 3.05) is 19.7 Å². The van der Waals surface area contributed by atoms with Gasteiger partial charge in [-0.15, -0.1) is 11.3 Å². The lowest BCUT2D eigenvalue weighted by Crippen LogP contribution is -2.32. The van der Waals surface area contributed by atoms with Gasteiger partial charge in [0.25, 0.3) is 0 Å². The Morgan fingerprint density at radius 1 is 1.59 bits per heavy atom. The molecule has 0 amide bonds. The van der Waals surface area contributed by atoms with Crippen molar-refractivity contribution in [2.24, 2.45) is 5.92 Å². The highest BCUT2D eigenvalue weighted by atomic mass is 32.1. The third kappa shape index (κ3) is 4.05. The summed E-state index contributed by atoms with van der Waals surface area (Å²) in [4.78, 5) is 4.57. The Hall–Kier alpha value is -0.450. The van der Waals surface area contributed by atoms with Gasteiger partial charge >= 0.3 is 0 Å². The van der Waals surface area contributed by atoms with E-state index in [0.717, 1.165) is 18.8 Å². The first-order chi connectivity index (χ1) is 8.25. The molecule has 1 aliphatic heterocycles. The summed E-state index contributed by atoms with van der Waals surface area (Å²) < 4.78 is 5.76.